The molecule has 1 heterocycles. The van der Waals surface area contributed by atoms with Gasteiger partial charge in [-0.15, -0.1) is 5.10 Å². The van der Waals surface area contributed by atoms with Gasteiger partial charge in [0.25, 0.3) is 0 Å². The minimum Gasteiger partial charge on any atom is -0.354 e. The molecule has 0 spiro atoms. The van der Waals surface area contributed by atoms with E-state index in [9.17, 15) is 4.79 Å². The van der Waals surface area contributed by atoms with Crippen molar-refractivity contribution in [2.24, 2.45) is 23.2 Å². The number of rotatable bonds is 4. The van der Waals surface area contributed by atoms with Gasteiger partial charge in [-0.05, 0) is 73.8 Å². The Hall–Kier alpha value is -1.91. The molecule has 1 amide bonds. The van der Waals surface area contributed by atoms with Crippen molar-refractivity contribution in [3.63, 3.8) is 0 Å². The first-order valence-corrected chi connectivity index (χ1v) is 9.24. The Bertz CT molecular complexity index is 745. The van der Waals surface area contributed by atoms with Crippen LogP contribution >= 0.6 is 0 Å². The summed E-state index contributed by atoms with van der Waals surface area (Å²) in [6, 6.07) is 7.78. The molecule has 0 unspecified atom stereocenters. The number of nitrogens with zero attached hydrogens (tertiary/aromatic N) is 3. The second-order valence-electron chi connectivity index (χ2n) is 8.43. The second kappa shape index (κ2) is 5.30. The predicted molar refractivity (Wildman–Crippen MR) is 91.1 cm³/mol. The van der Waals surface area contributed by atoms with E-state index in [-0.39, 0.29) is 12.5 Å². The Labute approximate surface area is 141 Å². The zero-order valence-electron chi connectivity index (χ0n) is 13.9. The zero-order valence-corrected chi connectivity index (χ0v) is 13.9. The summed E-state index contributed by atoms with van der Waals surface area (Å²) < 4.78 is 1.70. The lowest BCUT2D eigenvalue weighted by Crippen LogP contribution is -2.51. The first-order valence-electron chi connectivity index (χ1n) is 9.24. The minimum atomic E-state index is 0.0569. The van der Waals surface area contributed by atoms with E-state index in [1.165, 1.54) is 38.5 Å². The van der Waals surface area contributed by atoms with Crippen LogP contribution in [0.2, 0.25) is 0 Å². The molecule has 24 heavy (non-hydrogen) atoms. The van der Waals surface area contributed by atoms with Gasteiger partial charge in [0.05, 0.1) is 5.52 Å². The number of hydrogen-bond donors (Lipinski definition) is 1. The first kappa shape index (κ1) is 14.4. The summed E-state index contributed by atoms with van der Waals surface area (Å²) in [5, 5.41) is 11.5. The van der Waals surface area contributed by atoms with Gasteiger partial charge in [0.1, 0.15) is 12.1 Å². The molecule has 0 saturated heterocycles. The number of carbonyl (C=O) groups excluding carboxylic acids is 1. The molecule has 1 aromatic carbocycles. The highest BCUT2D eigenvalue weighted by atomic mass is 16.2. The highest BCUT2D eigenvalue weighted by molar-refractivity contribution is 5.79. The summed E-state index contributed by atoms with van der Waals surface area (Å²) >= 11 is 0. The molecule has 4 saturated carbocycles. The Morgan fingerprint density at radius 2 is 1.79 bits per heavy atom. The third-order valence-corrected chi connectivity index (χ3v) is 6.54. The Morgan fingerprint density at radius 1 is 1.12 bits per heavy atom. The van der Waals surface area contributed by atoms with Gasteiger partial charge in [-0.3, -0.25) is 4.79 Å². The van der Waals surface area contributed by atoms with Crippen LogP contribution < -0.4 is 5.32 Å². The fraction of sp³-hybridized carbons (Fsp3) is 0.632. The number of carbonyl (C=O) groups is 1. The standard InChI is InChI=1S/C19H24N4O/c24-18(11-23-17-4-2-1-3-16(17)21-22-23)20-12-19-8-13-5-14(9-19)7-15(6-13)10-19/h1-4,13-15H,5-12H2,(H,20,24). The monoisotopic (exact) mass is 324 g/mol. The fourth-order valence-electron chi connectivity index (χ4n) is 6.02. The van der Waals surface area contributed by atoms with E-state index in [4.69, 9.17) is 0 Å². The van der Waals surface area contributed by atoms with Crippen LogP contribution in [0.4, 0.5) is 0 Å². The van der Waals surface area contributed by atoms with E-state index in [2.05, 4.69) is 15.6 Å². The Balaban J connectivity index is 1.25. The Morgan fingerprint density at radius 3 is 2.50 bits per heavy atom. The van der Waals surface area contributed by atoms with Crippen molar-refractivity contribution in [2.45, 2.75) is 45.1 Å². The highest BCUT2D eigenvalue weighted by Gasteiger charge is 2.50. The molecular formula is C19H24N4O. The molecule has 2 aromatic rings. The normalized spacial score (nSPS) is 33.9. The van der Waals surface area contributed by atoms with Crippen molar-refractivity contribution in [1.29, 1.82) is 0 Å². The lowest BCUT2D eigenvalue weighted by molar-refractivity contribution is -0.124. The van der Waals surface area contributed by atoms with Gasteiger partial charge in [-0.25, -0.2) is 4.68 Å². The van der Waals surface area contributed by atoms with Gasteiger partial charge in [0, 0.05) is 6.54 Å². The first-order chi connectivity index (χ1) is 11.7. The number of benzene rings is 1. The lowest BCUT2D eigenvalue weighted by Gasteiger charge is -2.56. The number of fused-ring (bicyclic) bond motifs is 1. The number of aromatic nitrogens is 3. The molecule has 5 nitrogen and oxygen atoms in total. The number of para-hydroxylation sites is 1. The molecule has 4 aliphatic carbocycles. The van der Waals surface area contributed by atoms with E-state index in [1.807, 2.05) is 24.3 Å². The van der Waals surface area contributed by atoms with E-state index in [0.717, 1.165) is 35.3 Å². The van der Waals surface area contributed by atoms with Crippen molar-refractivity contribution in [1.82, 2.24) is 20.3 Å². The summed E-state index contributed by atoms with van der Waals surface area (Å²) in [5.74, 6) is 2.83. The molecule has 4 bridgehead atoms. The molecule has 6 rings (SSSR count). The van der Waals surface area contributed by atoms with Crippen LogP contribution in [-0.2, 0) is 11.3 Å². The summed E-state index contributed by atoms with van der Waals surface area (Å²) in [6.07, 6.45) is 8.30. The number of hydrogen-bond acceptors (Lipinski definition) is 3. The van der Waals surface area contributed by atoms with E-state index in [0.29, 0.717) is 5.41 Å². The van der Waals surface area contributed by atoms with Crippen molar-refractivity contribution in [3.8, 4) is 0 Å². The van der Waals surface area contributed by atoms with Crippen LogP contribution in [0.25, 0.3) is 11.0 Å². The average Bonchev–Trinajstić information content (AvgIpc) is 2.95. The molecule has 0 aliphatic heterocycles. The van der Waals surface area contributed by atoms with Crippen molar-refractivity contribution < 1.29 is 4.79 Å². The number of amides is 1. The molecule has 4 fully saturated rings. The summed E-state index contributed by atoms with van der Waals surface area (Å²) in [4.78, 5) is 12.4. The van der Waals surface area contributed by atoms with Crippen LogP contribution in [-0.4, -0.2) is 27.4 Å². The van der Waals surface area contributed by atoms with Gasteiger partial charge < -0.3 is 5.32 Å². The molecular weight excluding hydrogens is 300 g/mol. The molecule has 4 aliphatic rings. The van der Waals surface area contributed by atoms with E-state index in [1.54, 1.807) is 4.68 Å². The summed E-state index contributed by atoms with van der Waals surface area (Å²) in [6.45, 7) is 1.11. The zero-order chi connectivity index (χ0) is 16.1. The summed E-state index contributed by atoms with van der Waals surface area (Å²) in [7, 11) is 0. The van der Waals surface area contributed by atoms with Crippen molar-refractivity contribution in [2.75, 3.05) is 6.54 Å². The largest absolute Gasteiger partial charge is 0.354 e. The maximum atomic E-state index is 12.4. The number of nitrogens with one attached hydrogen (secondary N) is 1. The quantitative estimate of drug-likeness (QED) is 0.941. The highest BCUT2D eigenvalue weighted by Crippen LogP contribution is 2.59. The molecule has 0 radical (unpaired) electrons. The van der Waals surface area contributed by atoms with Crippen LogP contribution in [0.1, 0.15) is 38.5 Å². The SMILES string of the molecule is O=C(Cn1nnc2ccccc21)NCC12CC3CC(CC(C3)C1)C2. The Kier molecular flexibility index (Phi) is 3.19. The molecule has 0 atom stereocenters. The second-order valence-corrected chi connectivity index (χ2v) is 8.43. The third kappa shape index (κ3) is 2.41. The smallest absolute Gasteiger partial charge is 0.241 e. The van der Waals surface area contributed by atoms with Crippen LogP contribution in [0, 0.1) is 23.2 Å². The fourth-order valence-corrected chi connectivity index (χ4v) is 6.02. The third-order valence-electron chi connectivity index (χ3n) is 6.54. The molecule has 126 valence electrons. The van der Waals surface area contributed by atoms with Gasteiger partial charge in [0.2, 0.25) is 5.91 Å². The predicted octanol–water partition coefficient (Wildman–Crippen LogP) is 2.76. The van der Waals surface area contributed by atoms with Crippen LogP contribution in [0.3, 0.4) is 0 Å². The summed E-state index contributed by atoms with van der Waals surface area (Å²) in [5.41, 5.74) is 2.14. The molecule has 5 heteroatoms. The lowest BCUT2D eigenvalue weighted by atomic mass is 9.49. The maximum Gasteiger partial charge on any atom is 0.241 e. The topological polar surface area (TPSA) is 59.8 Å². The van der Waals surface area contributed by atoms with Crippen molar-refractivity contribution in [3.05, 3.63) is 24.3 Å². The van der Waals surface area contributed by atoms with Gasteiger partial charge in [0.15, 0.2) is 0 Å². The molecule has 1 aromatic heterocycles. The van der Waals surface area contributed by atoms with Gasteiger partial charge >= 0.3 is 0 Å². The van der Waals surface area contributed by atoms with E-state index >= 15 is 0 Å². The van der Waals surface area contributed by atoms with Crippen molar-refractivity contribution >= 4 is 16.9 Å². The molecule has 1 N–H and O–H groups in total. The maximum absolute atomic E-state index is 12.4. The minimum absolute atomic E-state index is 0.0569. The van der Waals surface area contributed by atoms with Crippen LogP contribution in [0.5, 0.6) is 0 Å². The average molecular weight is 324 g/mol. The van der Waals surface area contributed by atoms with Gasteiger partial charge in [-0.1, -0.05) is 17.3 Å². The van der Waals surface area contributed by atoms with E-state index < -0.39 is 0 Å². The van der Waals surface area contributed by atoms with Crippen LogP contribution in [0.15, 0.2) is 24.3 Å². The van der Waals surface area contributed by atoms with Gasteiger partial charge in [-0.2, -0.15) is 0 Å².